The fraction of sp³-hybridized carbons (Fsp3) is 0.722. The maximum absolute atomic E-state index is 10.8. The number of rotatable bonds is 8. The van der Waals surface area contributed by atoms with Gasteiger partial charge in [-0.25, -0.2) is 14.8 Å². The van der Waals surface area contributed by atoms with Crippen LogP contribution in [0.5, 0.6) is 0 Å². The second-order valence-corrected chi connectivity index (χ2v) is 7.07. The lowest BCUT2D eigenvalue weighted by atomic mass is 9.93. The summed E-state index contributed by atoms with van der Waals surface area (Å²) >= 11 is 0. The molecule has 0 spiro atoms. The van der Waals surface area contributed by atoms with E-state index in [1.807, 2.05) is 0 Å². The number of carbonyl (C=O) groups is 1. The quantitative estimate of drug-likeness (QED) is 0.788. The van der Waals surface area contributed by atoms with E-state index in [-0.39, 0.29) is 5.69 Å². The first-order valence-corrected chi connectivity index (χ1v) is 9.02. The third kappa shape index (κ3) is 5.44. The second-order valence-electron chi connectivity index (χ2n) is 7.07. The molecule has 2 heterocycles. The summed E-state index contributed by atoms with van der Waals surface area (Å²) in [6.07, 6.45) is 6.52. The van der Waals surface area contributed by atoms with Gasteiger partial charge in [-0.15, -0.1) is 0 Å². The molecule has 6 nitrogen and oxygen atoms in total. The zero-order valence-corrected chi connectivity index (χ0v) is 15.1. The van der Waals surface area contributed by atoms with Crippen molar-refractivity contribution in [2.24, 2.45) is 11.8 Å². The molecule has 1 N–H and O–H groups in total. The molecule has 0 aromatic carbocycles. The van der Waals surface area contributed by atoms with E-state index in [1.54, 1.807) is 6.20 Å². The Morgan fingerprint density at radius 1 is 1.33 bits per heavy atom. The molecule has 0 unspecified atom stereocenters. The molecule has 0 atom stereocenters. The predicted molar refractivity (Wildman–Crippen MR) is 95.5 cm³/mol. The van der Waals surface area contributed by atoms with Gasteiger partial charge < -0.3 is 14.9 Å². The highest BCUT2D eigenvalue weighted by atomic mass is 16.4. The molecular formula is C18H30N4O2. The van der Waals surface area contributed by atoms with Crippen LogP contribution in [0.15, 0.2) is 12.4 Å². The van der Waals surface area contributed by atoms with Crippen molar-refractivity contribution < 1.29 is 9.90 Å². The van der Waals surface area contributed by atoms with Crippen LogP contribution in [0.25, 0.3) is 0 Å². The van der Waals surface area contributed by atoms with Crippen molar-refractivity contribution in [3.05, 3.63) is 18.1 Å². The van der Waals surface area contributed by atoms with Crippen LogP contribution in [0.4, 0.5) is 5.82 Å². The standard InChI is InChI=1S/C18H30N4O2/c1-4-21(13-14(2)3)8-5-15-6-9-22(10-7-15)17-12-19-16(11-20-17)18(23)24/h11-12,14-15H,4-10,13H2,1-3H3,(H,23,24). The van der Waals surface area contributed by atoms with Crippen LogP contribution in [0.2, 0.25) is 0 Å². The van der Waals surface area contributed by atoms with Gasteiger partial charge in [0.2, 0.25) is 0 Å². The van der Waals surface area contributed by atoms with Gasteiger partial charge in [-0.2, -0.15) is 0 Å². The van der Waals surface area contributed by atoms with Gasteiger partial charge in [0.15, 0.2) is 5.69 Å². The molecule has 0 amide bonds. The van der Waals surface area contributed by atoms with E-state index in [1.165, 1.54) is 38.5 Å². The van der Waals surface area contributed by atoms with Crippen molar-refractivity contribution in [3.63, 3.8) is 0 Å². The van der Waals surface area contributed by atoms with Crippen molar-refractivity contribution in [2.45, 2.75) is 40.0 Å². The molecule has 1 fully saturated rings. The average Bonchev–Trinajstić information content (AvgIpc) is 2.59. The van der Waals surface area contributed by atoms with Crippen molar-refractivity contribution >= 4 is 11.8 Å². The van der Waals surface area contributed by atoms with Crippen molar-refractivity contribution in [3.8, 4) is 0 Å². The van der Waals surface area contributed by atoms with Gasteiger partial charge in [-0.05, 0) is 44.2 Å². The highest BCUT2D eigenvalue weighted by molar-refractivity contribution is 5.84. The Kier molecular flexibility index (Phi) is 6.97. The highest BCUT2D eigenvalue weighted by Crippen LogP contribution is 2.24. The number of aromatic nitrogens is 2. The first-order valence-electron chi connectivity index (χ1n) is 9.02. The van der Waals surface area contributed by atoms with Gasteiger partial charge in [0.05, 0.1) is 12.4 Å². The molecule has 0 saturated carbocycles. The van der Waals surface area contributed by atoms with Gasteiger partial charge in [-0.1, -0.05) is 20.8 Å². The molecule has 1 aromatic rings. The predicted octanol–water partition coefficient (Wildman–Crippen LogP) is 2.76. The molecule has 1 saturated heterocycles. The summed E-state index contributed by atoms with van der Waals surface area (Å²) in [5.41, 5.74) is -0.00144. The zero-order chi connectivity index (χ0) is 17.5. The fourth-order valence-corrected chi connectivity index (χ4v) is 3.31. The number of carboxylic acids is 1. The van der Waals surface area contributed by atoms with Crippen LogP contribution in [-0.2, 0) is 0 Å². The molecule has 0 radical (unpaired) electrons. The molecule has 0 aliphatic carbocycles. The van der Waals surface area contributed by atoms with Gasteiger partial charge in [0.1, 0.15) is 5.82 Å². The van der Waals surface area contributed by atoms with Gasteiger partial charge in [0.25, 0.3) is 0 Å². The maximum atomic E-state index is 10.8. The number of piperidine rings is 1. The van der Waals surface area contributed by atoms with E-state index >= 15 is 0 Å². The summed E-state index contributed by atoms with van der Waals surface area (Å²) in [5.74, 6) is 1.25. The first-order chi connectivity index (χ1) is 11.5. The van der Waals surface area contributed by atoms with E-state index in [0.717, 1.165) is 37.3 Å². The van der Waals surface area contributed by atoms with Gasteiger partial charge >= 0.3 is 5.97 Å². The summed E-state index contributed by atoms with van der Waals surface area (Å²) in [4.78, 5) is 23.8. The van der Waals surface area contributed by atoms with E-state index in [0.29, 0.717) is 0 Å². The first kappa shape index (κ1) is 18.6. The number of aromatic carboxylic acids is 1. The lowest BCUT2D eigenvalue weighted by molar-refractivity contribution is 0.0690. The monoisotopic (exact) mass is 334 g/mol. The smallest absolute Gasteiger partial charge is 0.356 e. The molecule has 1 aromatic heterocycles. The number of hydrogen-bond donors (Lipinski definition) is 1. The summed E-state index contributed by atoms with van der Waals surface area (Å²) in [6.45, 7) is 12.2. The van der Waals surface area contributed by atoms with Crippen LogP contribution in [0.1, 0.15) is 50.5 Å². The van der Waals surface area contributed by atoms with E-state index in [2.05, 4.69) is 40.5 Å². The minimum atomic E-state index is -1.03. The molecule has 1 aliphatic heterocycles. The minimum Gasteiger partial charge on any atom is -0.476 e. The Labute approximate surface area is 144 Å². The minimum absolute atomic E-state index is 0.00144. The van der Waals surface area contributed by atoms with Crippen molar-refractivity contribution in [1.29, 1.82) is 0 Å². The van der Waals surface area contributed by atoms with E-state index < -0.39 is 5.97 Å². The summed E-state index contributed by atoms with van der Waals surface area (Å²) in [7, 11) is 0. The number of anilines is 1. The third-order valence-corrected chi connectivity index (χ3v) is 4.72. The topological polar surface area (TPSA) is 69.6 Å². The number of nitrogens with zero attached hydrogens (tertiary/aromatic N) is 4. The fourth-order valence-electron chi connectivity index (χ4n) is 3.31. The van der Waals surface area contributed by atoms with Gasteiger partial charge in [-0.3, -0.25) is 0 Å². The zero-order valence-electron chi connectivity index (χ0n) is 15.1. The van der Waals surface area contributed by atoms with Crippen molar-refractivity contribution in [2.75, 3.05) is 37.6 Å². The lowest BCUT2D eigenvalue weighted by Gasteiger charge is -2.33. The highest BCUT2D eigenvalue weighted by Gasteiger charge is 2.21. The lowest BCUT2D eigenvalue weighted by Crippen LogP contribution is -2.36. The molecule has 24 heavy (non-hydrogen) atoms. The molecule has 6 heteroatoms. The Hall–Kier alpha value is -1.69. The summed E-state index contributed by atoms with van der Waals surface area (Å²) < 4.78 is 0. The van der Waals surface area contributed by atoms with Crippen molar-refractivity contribution in [1.82, 2.24) is 14.9 Å². The largest absolute Gasteiger partial charge is 0.476 e. The van der Waals surface area contributed by atoms with E-state index in [4.69, 9.17) is 5.11 Å². The molecular weight excluding hydrogens is 304 g/mol. The molecule has 1 aliphatic rings. The third-order valence-electron chi connectivity index (χ3n) is 4.72. The summed E-state index contributed by atoms with van der Waals surface area (Å²) in [6, 6.07) is 0. The Balaban J connectivity index is 1.77. The maximum Gasteiger partial charge on any atom is 0.356 e. The molecule has 2 rings (SSSR count). The Bertz CT molecular complexity index is 510. The number of carboxylic acid groups (broad SMARTS) is 1. The average molecular weight is 334 g/mol. The van der Waals surface area contributed by atoms with Crippen LogP contribution in [-0.4, -0.2) is 58.7 Å². The molecule has 0 bridgehead atoms. The van der Waals surface area contributed by atoms with Crippen LogP contribution >= 0.6 is 0 Å². The number of hydrogen-bond acceptors (Lipinski definition) is 5. The Morgan fingerprint density at radius 2 is 2.04 bits per heavy atom. The normalized spacial score (nSPS) is 16.1. The summed E-state index contributed by atoms with van der Waals surface area (Å²) in [5, 5.41) is 8.88. The SMILES string of the molecule is CCN(CCC1CCN(c2cnc(C(=O)O)cn2)CC1)CC(C)C. The molecule has 134 valence electrons. The van der Waals surface area contributed by atoms with Crippen LogP contribution in [0, 0.1) is 11.8 Å². The van der Waals surface area contributed by atoms with Crippen LogP contribution < -0.4 is 4.90 Å². The van der Waals surface area contributed by atoms with E-state index in [9.17, 15) is 4.79 Å². The Morgan fingerprint density at radius 3 is 2.54 bits per heavy atom. The van der Waals surface area contributed by atoms with Crippen LogP contribution in [0.3, 0.4) is 0 Å². The second kappa shape index (κ2) is 8.97. The van der Waals surface area contributed by atoms with Gasteiger partial charge in [0, 0.05) is 19.6 Å².